The maximum Gasteiger partial charge on any atom is 0.416 e. The average molecular weight is 401 g/mol. The van der Waals surface area contributed by atoms with Gasteiger partial charge in [-0.2, -0.15) is 18.3 Å². The van der Waals surface area contributed by atoms with E-state index < -0.39 is 17.3 Å². The second-order valence-corrected chi connectivity index (χ2v) is 6.68. The SMILES string of the molecule is CC1CN(Cc2ccccc2C(F)(F)F)C(=O)CN1c1cn[nH]c(=O)c1Cl. The Kier molecular flexibility index (Phi) is 5.14. The van der Waals surface area contributed by atoms with Crippen LogP contribution in [0, 0.1) is 0 Å². The summed E-state index contributed by atoms with van der Waals surface area (Å²) in [5, 5.41) is 5.81. The van der Waals surface area contributed by atoms with Crippen molar-refractivity contribution in [2.24, 2.45) is 0 Å². The number of nitrogens with one attached hydrogen (secondary N) is 1. The number of aromatic amines is 1. The third-order valence-corrected chi connectivity index (χ3v) is 4.81. The van der Waals surface area contributed by atoms with Crippen molar-refractivity contribution in [3.05, 3.63) is 57.0 Å². The highest BCUT2D eigenvalue weighted by molar-refractivity contribution is 6.33. The molecule has 0 bridgehead atoms. The van der Waals surface area contributed by atoms with E-state index in [-0.39, 0.29) is 42.2 Å². The lowest BCUT2D eigenvalue weighted by atomic mass is 10.0. The van der Waals surface area contributed by atoms with Gasteiger partial charge in [-0.1, -0.05) is 29.8 Å². The molecule has 0 spiro atoms. The topological polar surface area (TPSA) is 69.3 Å². The number of carbonyl (C=O) groups is 1. The molecule has 27 heavy (non-hydrogen) atoms. The van der Waals surface area contributed by atoms with E-state index in [1.165, 1.54) is 29.3 Å². The van der Waals surface area contributed by atoms with Gasteiger partial charge in [-0.3, -0.25) is 9.59 Å². The third-order valence-electron chi connectivity index (χ3n) is 4.45. The number of rotatable bonds is 3. The summed E-state index contributed by atoms with van der Waals surface area (Å²) in [6.45, 7) is 1.73. The smallest absolute Gasteiger partial charge is 0.355 e. The van der Waals surface area contributed by atoms with Gasteiger partial charge in [0.05, 0.1) is 24.0 Å². The molecule has 1 saturated heterocycles. The summed E-state index contributed by atoms with van der Waals surface area (Å²) >= 11 is 6.00. The van der Waals surface area contributed by atoms with Crippen LogP contribution in [0.5, 0.6) is 0 Å². The molecule has 0 radical (unpaired) electrons. The Bertz CT molecular complexity index is 916. The van der Waals surface area contributed by atoms with Crippen LogP contribution in [0.3, 0.4) is 0 Å². The van der Waals surface area contributed by atoms with Crippen molar-refractivity contribution in [1.29, 1.82) is 0 Å². The molecule has 0 saturated carbocycles. The summed E-state index contributed by atoms with van der Waals surface area (Å²) in [5.41, 5.74) is -0.975. The van der Waals surface area contributed by atoms with Crippen molar-refractivity contribution >= 4 is 23.2 Å². The molecule has 1 aliphatic rings. The zero-order valence-electron chi connectivity index (χ0n) is 14.3. The van der Waals surface area contributed by atoms with Gasteiger partial charge in [-0.15, -0.1) is 0 Å². The van der Waals surface area contributed by atoms with Crippen LogP contribution in [0.1, 0.15) is 18.1 Å². The molecule has 2 heterocycles. The van der Waals surface area contributed by atoms with Crippen molar-refractivity contribution in [2.45, 2.75) is 25.7 Å². The summed E-state index contributed by atoms with van der Waals surface area (Å²) in [5.74, 6) is -0.360. The highest BCUT2D eigenvalue weighted by Gasteiger charge is 2.36. The standard InChI is InChI=1S/C17H16ClF3N4O2/c1-10-7-24(8-11-4-2-3-5-12(11)17(19,20)21)14(26)9-25(10)13-6-22-23-16(27)15(13)18/h2-6,10H,7-9H2,1H3,(H,23,27). The van der Waals surface area contributed by atoms with Gasteiger partial charge in [0, 0.05) is 19.1 Å². The number of amides is 1. The summed E-state index contributed by atoms with van der Waals surface area (Å²) in [7, 11) is 0. The largest absolute Gasteiger partial charge is 0.416 e. The first-order valence-electron chi connectivity index (χ1n) is 8.11. The van der Waals surface area contributed by atoms with Crippen molar-refractivity contribution in [1.82, 2.24) is 15.1 Å². The minimum absolute atomic E-state index is 0.0369. The van der Waals surface area contributed by atoms with E-state index in [1.807, 2.05) is 0 Å². The van der Waals surface area contributed by atoms with Crippen LogP contribution < -0.4 is 10.5 Å². The average Bonchev–Trinajstić information content (AvgIpc) is 2.60. The number of H-pyrrole nitrogens is 1. The highest BCUT2D eigenvalue weighted by Crippen LogP contribution is 2.33. The first-order chi connectivity index (χ1) is 12.7. The van der Waals surface area contributed by atoms with Crippen LogP contribution in [-0.4, -0.2) is 40.1 Å². The summed E-state index contributed by atoms with van der Waals surface area (Å²) in [6.07, 6.45) is -3.14. The van der Waals surface area contributed by atoms with Crippen LogP contribution in [-0.2, 0) is 17.5 Å². The molecule has 1 fully saturated rings. The van der Waals surface area contributed by atoms with Gasteiger partial charge in [0.15, 0.2) is 0 Å². The Balaban J connectivity index is 1.82. The molecule has 1 atom stereocenters. The van der Waals surface area contributed by atoms with Crippen LogP contribution >= 0.6 is 11.6 Å². The summed E-state index contributed by atoms with van der Waals surface area (Å²) < 4.78 is 39.5. The minimum atomic E-state index is -4.49. The number of aromatic nitrogens is 2. The molecule has 10 heteroatoms. The van der Waals surface area contributed by atoms with Gasteiger partial charge in [0.25, 0.3) is 5.56 Å². The first kappa shape index (κ1) is 19.2. The Hall–Kier alpha value is -2.55. The predicted molar refractivity (Wildman–Crippen MR) is 93.5 cm³/mol. The molecule has 144 valence electrons. The second-order valence-electron chi connectivity index (χ2n) is 6.30. The molecule has 1 aliphatic heterocycles. The predicted octanol–water partition coefficient (Wildman–Crippen LogP) is 2.68. The van der Waals surface area contributed by atoms with Crippen molar-refractivity contribution < 1.29 is 18.0 Å². The minimum Gasteiger partial charge on any atom is -0.355 e. The maximum absolute atomic E-state index is 13.2. The Labute approximate surface area is 157 Å². The van der Waals surface area contributed by atoms with Crippen LogP contribution in [0.15, 0.2) is 35.3 Å². The number of nitrogens with zero attached hydrogens (tertiary/aromatic N) is 3. The van der Waals surface area contributed by atoms with Crippen LogP contribution in [0.4, 0.5) is 18.9 Å². The van der Waals surface area contributed by atoms with Crippen molar-refractivity contribution in [2.75, 3.05) is 18.0 Å². The number of alkyl halides is 3. The van der Waals surface area contributed by atoms with E-state index >= 15 is 0 Å². The molecule has 1 aromatic heterocycles. The van der Waals surface area contributed by atoms with Crippen molar-refractivity contribution in [3.63, 3.8) is 0 Å². The molecule has 1 unspecified atom stereocenters. The van der Waals surface area contributed by atoms with E-state index in [4.69, 9.17) is 11.6 Å². The maximum atomic E-state index is 13.2. The number of hydrogen-bond acceptors (Lipinski definition) is 4. The number of carbonyl (C=O) groups excluding carboxylic acids is 1. The lowest BCUT2D eigenvalue weighted by molar-refractivity contribution is -0.140. The monoisotopic (exact) mass is 400 g/mol. The Morgan fingerprint density at radius 2 is 2.00 bits per heavy atom. The fraction of sp³-hybridized carbons (Fsp3) is 0.353. The normalized spacial score (nSPS) is 18.1. The molecular formula is C17H16ClF3N4O2. The fourth-order valence-corrected chi connectivity index (χ4v) is 3.31. The summed E-state index contributed by atoms with van der Waals surface area (Å²) in [6, 6.07) is 4.93. The van der Waals surface area contributed by atoms with E-state index in [9.17, 15) is 22.8 Å². The van der Waals surface area contributed by atoms with E-state index in [0.29, 0.717) is 5.69 Å². The number of halogens is 4. The Morgan fingerprint density at radius 1 is 1.30 bits per heavy atom. The molecule has 1 aromatic carbocycles. The number of hydrogen-bond donors (Lipinski definition) is 1. The zero-order chi connectivity index (χ0) is 19.8. The molecule has 1 N–H and O–H groups in total. The number of anilines is 1. The molecule has 3 rings (SSSR count). The van der Waals surface area contributed by atoms with Crippen LogP contribution in [0.25, 0.3) is 0 Å². The highest BCUT2D eigenvalue weighted by atomic mass is 35.5. The quantitative estimate of drug-likeness (QED) is 0.860. The van der Waals surface area contributed by atoms with Gasteiger partial charge < -0.3 is 9.80 Å². The first-order valence-corrected chi connectivity index (χ1v) is 8.49. The van der Waals surface area contributed by atoms with E-state index in [2.05, 4.69) is 10.2 Å². The molecular weight excluding hydrogens is 385 g/mol. The second kappa shape index (κ2) is 7.22. The zero-order valence-corrected chi connectivity index (χ0v) is 15.0. The Morgan fingerprint density at radius 3 is 2.70 bits per heavy atom. The van der Waals surface area contributed by atoms with Gasteiger partial charge >= 0.3 is 6.18 Å². The lowest BCUT2D eigenvalue weighted by Crippen LogP contribution is -2.55. The van der Waals surface area contributed by atoms with Crippen molar-refractivity contribution in [3.8, 4) is 0 Å². The molecule has 1 amide bonds. The van der Waals surface area contributed by atoms with E-state index in [0.717, 1.165) is 6.07 Å². The summed E-state index contributed by atoms with van der Waals surface area (Å²) in [4.78, 5) is 27.2. The molecule has 2 aromatic rings. The molecule has 0 aliphatic carbocycles. The molecule has 6 nitrogen and oxygen atoms in total. The third kappa shape index (κ3) is 3.92. The van der Waals surface area contributed by atoms with Gasteiger partial charge in [0.2, 0.25) is 5.91 Å². The number of benzene rings is 1. The fourth-order valence-electron chi connectivity index (χ4n) is 3.11. The number of piperazine rings is 1. The lowest BCUT2D eigenvalue weighted by Gasteiger charge is -2.40. The van der Waals surface area contributed by atoms with Gasteiger partial charge in [0.1, 0.15) is 5.02 Å². The van der Waals surface area contributed by atoms with Crippen LogP contribution in [0.2, 0.25) is 5.02 Å². The van der Waals surface area contributed by atoms with E-state index in [1.54, 1.807) is 11.8 Å². The van der Waals surface area contributed by atoms with Gasteiger partial charge in [-0.05, 0) is 18.6 Å². The van der Waals surface area contributed by atoms with Gasteiger partial charge in [-0.25, -0.2) is 5.10 Å².